The number of hydrogen-bond donors (Lipinski definition) is 2. The first-order chi connectivity index (χ1) is 8.85. The summed E-state index contributed by atoms with van der Waals surface area (Å²) in [5.74, 6) is -0.873. The van der Waals surface area contributed by atoms with E-state index in [2.05, 4.69) is 5.32 Å². The summed E-state index contributed by atoms with van der Waals surface area (Å²) in [5.41, 5.74) is 0. The largest absolute Gasteiger partial charge is 0.480 e. The van der Waals surface area contributed by atoms with Crippen molar-refractivity contribution in [3.05, 3.63) is 11.5 Å². The van der Waals surface area contributed by atoms with Crippen LogP contribution in [-0.4, -0.2) is 55.3 Å². The number of carbonyl (C=O) groups excluding carboxylic acids is 1. The smallest absolute Gasteiger partial charge is 0.323 e. The van der Waals surface area contributed by atoms with Crippen molar-refractivity contribution in [1.82, 2.24) is 10.2 Å². The minimum atomic E-state index is -3.23. The molecule has 7 nitrogen and oxygen atoms in total. The summed E-state index contributed by atoms with van der Waals surface area (Å²) < 4.78 is 22.4. The molecule has 0 aromatic rings. The molecular formula is C11H16N2O5S. The van der Waals surface area contributed by atoms with Gasteiger partial charge in [0.2, 0.25) is 0 Å². The molecule has 2 amide bonds. The Kier molecular flexibility index (Phi) is 3.79. The van der Waals surface area contributed by atoms with Gasteiger partial charge in [-0.15, -0.1) is 0 Å². The number of nitrogens with zero attached hydrogens (tertiary/aromatic N) is 1. The number of hydrogen-bond acceptors (Lipinski definition) is 4. The highest BCUT2D eigenvalue weighted by molar-refractivity contribution is 7.94. The first-order valence-corrected chi connectivity index (χ1v) is 7.75. The van der Waals surface area contributed by atoms with Crippen LogP contribution in [0.25, 0.3) is 0 Å². The van der Waals surface area contributed by atoms with Crippen LogP contribution in [0.2, 0.25) is 0 Å². The Balaban J connectivity index is 1.91. The molecule has 1 heterocycles. The van der Waals surface area contributed by atoms with Crippen molar-refractivity contribution in [2.24, 2.45) is 5.92 Å². The Morgan fingerprint density at radius 1 is 1.37 bits per heavy atom. The van der Waals surface area contributed by atoms with Gasteiger partial charge in [0, 0.05) is 12.0 Å². The summed E-state index contributed by atoms with van der Waals surface area (Å²) in [5, 5.41) is 12.4. The maximum Gasteiger partial charge on any atom is 0.323 e. The van der Waals surface area contributed by atoms with Crippen LogP contribution in [0.15, 0.2) is 11.5 Å². The van der Waals surface area contributed by atoms with E-state index in [0.717, 1.165) is 18.2 Å². The summed E-state index contributed by atoms with van der Waals surface area (Å²) in [6.07, 6.45) is 3.41. The first-order valence-electron chi connectivity index (χ1n) is 6.04. The molecule has 2 aliphatic rings. The maximum atomic E-state index is 11.9. The minimum absolute atomic E-state index is 0.164. The molecule has 1 aliphatic heterocycles. The summed E-state index contributed by atoms with van der Waals surface area (Å²) in [7, 11) is -3.23. The number of sulfone groups is 1. The zero-order chi connectivity index (χ0) is 14.0. The van der Waals surface area contributed by atoms with Crippen LogP contribution in [0.5, 0.6) is 0 Å². The molecule has 19 heavy (non-hydrogen) atoms. The van der Waals surface area contributed by atoms with Gasteiger partial charge in [-0.05, 0) is 24.8 Å². The van der Waals surface area contributed by atoms with Gasteiger partial charge in [0.25, 0.3) is 0 Å². The summed E-state index contributed by atoms with van der Waals surface area (Å²) in [6, 6.07) is -1.10. The van der Waals surface area contributed by atoms with E-state index in [1.165, 1.54) is 11.0 Å². The SMILES string of the molecule is O=C(O)CN(CC1CC1)C(=O)NC1C=CS(=O)(=O)C1. The van der Waals surface area contributed by atoms with Crippen LogP contribution in [0.1, 0.15) is 12.8 Å². The van der Waals surface area contributed by atoms with Gasteiger partial charge in [-0.1, -0.05) is 0 Å². The van der Waals surface area contributed by atoms with Gasteiger partial charge in [-0.25, -0.2) is 13.2 Å². The number of carbonyl (C=O) groups is 2. The first kappa shape index (κ1) is 13.9. The summed E-state index contributed by atoms with van der Waals surface area (Å²) in [4.78, 5) is 23.9. The number of amides is 2. The molecule has 1 aliphatic carbocycles. The molecule has 0 saturated heterocycles. The fraction of sp³-hybridized carbons (Fsp3) is 0.636. The molecule has 1 fully saturated rings. The molecule has 2 rings (SSSR count). The molecule has 1 unspecified atom stereocenters. The van der Waals surface area contributed by atoms with E-state index in [-0.39, 0.29) is 12.3 Å². The van der Waals surface area contributed by atoms with Gasteiger partial charge >= 0.3 is 12.0 Å². The van der Waals surface area contributed by atoms with Gasteiger partial charge < -0.3 is 15.3 Å². The molecule has 1 saturated carbocycles. The highest BCUT2D eigenvalue weighted by atomic mass is 32.2. The quantitative estimate of drug-likeness (QED) is 0.729. The van der Waals surface area contributed by atoms with Gasteiger partial charge in [-0.3, -0.25) is 4.79 Å². The maximum absolute atomic E-state index is 11.9. The van der Waals surface area contributed by atoms with Crippen molar-refractivity contribution in [2.75, 3.05) is 18.8 Å². The van der Waals surface area contributed by atoms with Crippen molar-refractivity contribution in [2.45, 2.75) is 18.9 Å². The number of carboxylic acids is 1. The number of carboxylic acid groups (broad SMARTS) is 1. The molecule has 0 aromatic heterocycles. The molecule has 0 bridgehead atoms. The van der Waals surface area contributed by atoms with Crippen LogP contribution in [0, 0.1) is 5.92 Å². The lowest BCUT2D eigenvalue weighted by Gasteiger charge is -2.22. The zero-order valence-electron chi connectivity index (χ0n) is 10.3. The number of rotatable bonds is 5. The molecule has 0 radical (unpaired) electrons. The average molecular weight is 288 g/mol. The highest BCUT2D eigenvalue weighted by Crippen LogP contribution is 2.29. The van der Waals surface area contributed by atoms with E-state index in [1.54, 1.807) is 0 Å². The van der Waals surface area contributed by atoms with Crippen LogP contribution in [0.4, 0.5) is 4.79 Å². The Bertz CT molecular complexity index is 509. The van der Waals surface area contributed by atoms with Crippen molar-refractivity contribution < 1.29 is 23.1 Å². The number of aliphatic carboxylic acids is 1. The highest BCUT2D eigenvalue weighted by Gasteiger charge is 2.30. The average Bonchev–Trinajstić information content (AvgIpc) is 3.02. The van der Waals surface area contributed by atoms with E-state index in [9.17, 15) is 18.0 Å². The molecule has 1 atom stereocenters. The second-order valence-electron chi connectivity index (χ2n) is 4.93. The lowest BCUT2D eigenvalue weighted by atomic mass is 10.3. The van der Waals surface area contributed by atoms with Crippen molar-refractivity contribution in [3.63, 3.8) is 0 Å². The van der Waals surface area contributed by atoms with Crippen LogP contribution >= 0.6 is 0 Å². The fourth-order valence-corrected chi connectivity index (χ4v) is 3.15. The second kappa shape index (κ2) is 5.20. The number of urea groups is 1. The third kappa shape index (κ3) is 4.23. The van der Waals surface area contributed by atoms with Crippen LogP contribution in [-0.2, 0) is 14.6 Å². The van der Waals surface area contributed by atoms with Crippen LogP contribution in [0.3, 0.4) is 0 Å². The molecule has 0 aromatic carbocycles. The third-order valence-electron chi connectivity index (χ3n) is 3.03. The normalized spacial score (nSPS) is 24.1. The molecule has 106 valence electrons. The Morgan fingerprint density at radius 3 is 2.53 bits per heavy atom. The zero-order valence-corrected chi connectivity index (χ0v) is 11.1. The standard InChI is InChI=1S/C11H16N2O5S/c14-10(15)6-13(5-8-1-2-8)11(16)12-9-3-4-19(17,18)7-9/h3-4,8-9H,1-2,5-7H2,(H,12,16)(H,14,15). The molecule has 0 spiro atoms. The predicted octanol–water partition coefficient (Wildman–Crippen LogP) is -0.197. The van der Waals surface area contributed by atoms with Crippen molar-refractivity contribution in [1.29, 1.82) is 0 Å². The van der Waals surface area contributed by atoms with Gasteiger partial charge in [0.15, 0.2) is 9.84 Å². The lowest BCUT2D eigenvalue weighted by molar-refractivity contribution is -0.137. The van der Waals surface area contributed by atoms with E-state index in [0.29, 0.717) is 12.5 Å². The predicted molar refractivity (Wildman–Crippen MR) is 67.2 cm³/mol. The van der Waals surface area contributed by atoms with E-state index < -0.39 is 27.9 Å². The van der Waals surface area contributed by atoms with Gasteiger partial charge in [0.1, 0.15) is 6.54 Å². The second-order valence-corrected chi connectivity index (χ2v) is 6.86. The molecule has 8 heteroatoms. The fourth-order valence-electron chi connectivity index (χ4n) is 1.91. The topological polar surface area (TPSA) is 104 Å². The Morgan fingerprint density at radius 2 is 2.05 bits per heavy atom. The molecular weight excluding hydrogens is 272 g/mol. The van der Waals surface area contributed by atoms with E-state index >= 15 is 0 Å². The summed E-state index contributed by atoms with van der Waals surface area (Å²) >= 11 is 0. The molecule has 2 N–H and O–H groups in total. The Labute approximate surface area is 111 Å². The Hall–Kier alpha value is -1.57. The monoisotopic (exact) mass is 288 g/mol. The summed E-state index contributed by atoms with van der Waals surface area (Å²) in [6.45, 7) is 0.0346. The lowest BCUT2D eigenvalue weighted by Crippen LogP contribution is -2.47. The van der Waals surface area contributed by atoms with Crippen LogP contribution < -0.4 is 5.32 Å². The number of nitrogens with one attached hydrogen (secondary N) is 1. The van der Waals surface area contributed by atoms with E-state index in [4.69, 9.17) is 5.11 Å². The van der Waals surface area contributed by atoms with Gasteiger partial charge in [-0.2, -0.15) is 0 Å². The van der Waals surface area contributed by atoms with Crippen molar-refractivity contribution >= 4 is 21.8 Å². The van der Waals surface area contributed by atoms with Gasteiger partial charge in [0.05, 0.1) is 11.8 Å². The minimum Gasteiger partial charge on any atom is -0.480 e. The third-order valence-corrected chi connectivity index (χ3v) is 4.42. The van der Waals surface area contributed by atoms with Crippen molar-refractivity contribution in [3.8, 4) is 0 Å². The van der Waals surface area contributed by atoms with E-state index in [1.807, 2.05) is 0 Å².